The summed E-state index contributed by atoms with van der Waals surface area (Å²) >= 11 is 0. The molecule has 0 saturated heterocycles. The van der Waals surface area contributed by atoms with Crippen LogP contribution in [0.15, 0.2) is 0 Å². The van der Waals surface area contributed by atoms with Crippen LogP contribution in [0.2, 0.25) is 6.04 Å². The van der Waals surface area contributed by atoms with Crippen molar-refractivity contribution in [2.75, 3.05) is 26.4 Å². The normalized spacial score (nSPS) is 13.6. The molecule has 0 heterocycles. The number of unbranched alkanes of at least 4 members (excludes halogenated alkanes) is 2. The minimum atomic E-state index is -2.44. The Bertz CT molecular complexity index is 209. The number of hydrogen-bond donors (Lipinski definition) is 0. The highest BCUT2D eigenvalue weighted by atomic mass is 28.4. The van der Waals surface area contributed by atoms with Gasteiger partial charge in [0.1, 0.15) is 0 Å². The van der Waals surface area contributed by atoms with E-state index < -0.39 is 8.80 Å². The van der Waals surface area contributed by atoms with Crippen molar-refractivity contribution < 1.29 is 18.0 Å². The van der Waals surface area contributed by atoms with E-state index >= 15 is 0 Å². The molecular formula is C16H36O4Si. The van der Waals surface area contributed by atoms with Crippen molar-refractivity contribution in [3.05, 3.63) is 0 Å². The first-order chi connectivity index (χ1) is 10.1. The molecule has 0 aliphatic heterocycles. The molecule has 4 nitrogen and oxygen atoms in total. The Labute approximate surface area is 132 Å². The van der Waals surface area contributed by atoms with Gasteiger partial charge in [0.05, 0.1) is 6.10 Å². The minimum Gasteiger partial charge on any atom is -0.379 e. The van der Waals surface area contributed by atoms with Crippen molar-refractivity contribution >= 4 is 8.80 Å². The van der Waals surface area contributed by atoms with Crippen molar-refractivity contribution in [3.8, 4) is 0 Å². The van der Waals surface area contributed by atoms with Crippen LogP contribution in [0.5, 0.6) is 0 Å². The predicted octanol–water partition coefficient (Wildman–Crippen LogP) is 4.41. The van der Waals surface area contributed by atoms with Gasteiger partial charge in [-0.05, 0) is 47.0 Å². The largest absolute Gasteiger partial charge is 0.500 e. The summed E-state index contributed by atoms with van der Waals surface area (Å²) in [7, 11) is -2.44. The second-order valence-electron chi connectivity index (χ2n) is 5.26. The van der Waals surface area contributed by atoms with Gasteiger partial charge in [-0.2, -0.15) is 0 Å². The zero-order chi connectivity index (χ0) is 16.0. The Morgan fingerprint density at radius 3 is 1.86 bits per heavy atom. The molecule has 0 fully saturated rings. The fraction of sp³-hybridized carbons (Fsp3) is 1.00. The average molecular weight is 321 g/mol. The van der Waals surface area contributed by atoms with E-state index in [1.54, 1.807) is 0 Å². The highest BCUT2D eigenvalue weighted by Gasteiger charge is 2.39. The van der Waals surface area contributed by atoms with E-state index in [2.05, 4.69) is 13.8 Å². The maximum Gasteiger partial charge on any atom is 0.500 e. The summed E-state index contributed by atoms with van der Waals surface area (Å²) in [6, 6.07) is 0.907. The van der Waals surface area contributed by atoms with Gasteiger partial charge in [0.25, 0.3) is 0 Å². The summed E-state index contributed by atoms with van der Waals surface area (Å²) in [5.41, 5.74) is 0. The Balaban J connectivity index is 4.00. The molecule has 1 atom stereocenters. The molecule has 0 aromatic carbocycles. The second kappa shape index (κ2) is 13.7. The third-order valence-corrected chi connectivity index (χ3v) is 6.49. The molecule has 0 amide bonds. The Kier molecular flexibility index (Phi) is 13.7. The van der Waals surface area contributed by atoms with E-state index in [-0.39, 0.29) is 0 Å². The molecule has 0 aliphatic rings. The standard InChI is InChI=1S/C16H36O4Si/c1-6-10-14-17-16(5)13-11-12-15-21(18-7-2,19-8-3)20-9-4/h16H,6-15H2,1-5H3. The first kappa shape index (κ1) is 21.1. The van der Waals surface area contributed by atoms with Crippen LogP contribution in [0.3, 0.4) is 0 Å². The molecule has 0 aliphatic carbocycles. The predicted molar refractivity (Wildman–Crippen MR) is 89.6 cm³/mol. The summed E-state index contributed by atoms with van der Waals surface area (Å²) in [5, 5.41) is 0. The van der Waals surface area contributed by atoms with Crippen LogP contribution in [-0.2, 0) is 18.0 Å². The van der Waals surface area contributed by atoms with Crippen LogP contribution in [-0.4, -0.2) is 41.3 Å². The van der Waals surface area contributed by atoms with E-state index in [4.69, 9.17) is 18.0 Å². The molecule has 0 bridgehead atoms. The lowest BCUT2D eigenvalue weighted by Crippen LogP contribution is -2.45. The van der Waals surface area contributed by atoms with Crippen LogP contribution in [0.25, 0.3) is 0 Å². The highest BCUT2D eigenvalue weighted by Crippen LogP contribution is 2.20. The van der Waals surface area contributed by atoms with Gasteiger partial charge >= 0.3 is 8.80 Å². The molecule has 128 valence electrons. The zero-order valence-electron chi connectivity index (χ0n) is 14.8. The van der Waals surface area contributed by atoms with Gasteiger partial charge in [-0.25, -0.2) is 0 Å². The lowest BCUT2D eigenvalue weighted by atomic mass is 10.2. The summed E-state index contributed by atoms with van der Waals surface area (Å²) in [5.74, 6) is 0. The number of hydrogen-bond acceptors (Lipinski definition) is 4. The highest BCUT2D eigenvalue weighted by molar-refractivity contribution is 6.60. The second-order valence-corrected chi connectivity index (χ2v) is 7.99. The third-order valence-electron chi connectivity index (χ3n) is 3.34. The van der Waals surface area contributed by atoms with E-state index in [9.17, 15) is 0 Å². The number of ether oxygens (including phenoxy) is 1. The van der Waals surface area contributed by atoms with Gasteiger partial charge in [-0.1, -0.05) is 19.8 Å². The molecule has 0 aromatic rings. The summed E-state index contributed by atoms with van der Waals surface area (Å²) in [4.78, 5) is 0. The lowest BCUT2D eigenvalue weighted by molar-refractivity contribution is 0.0545. The molecule has 0 radical (unpaired) electrons. The van der Waals surface area contributed by atoms with Crippen molar-refractivity contribution in [1.29, 1.82) is 0 Å². The maximum atomic E-state index is 5.86. The maximum absolute atomic E-state index is 5.86. The van der Waals surface area contributed by atoms with Crippen LogP contribution < -0.4 is 0 Å². The van der Waals surface area contributed by atoms with Crippen molar-refractivity contribution in [3.63, 3.8) is 0 Å². The smallest absolute Gasteiger partial charge is 0.379 e. The van der Waals surface area contributed by atoms with Crippen molar-refractivity contribution in [2.24, 2.45) is 0 Å². The van der Waals surface area contributed by atoms with E-state index in [1.165, 1.54) is 6.42 Å². The Hall–Kier alpha value is 0.0569. The molecule has 21 heavy (non-hydrogen) atoms. The molecule has 0 aromatic heterocycles. The Morgan fingerprint density at radius 2 is 1.38 bits per heavy atom. The molecule has 0 spiro atoms. The molecule has 5 heteroatoms. The molecule has 1 unspecified atom stereocenters. The van der Waals surface area contributed by atoms with Crippen LogP contribution in [0.1, 0.15) is 66.7 Å². The molecular weight excluding hydrogens is 284 g/mol. The van der Waals surface area contributed by atoms with Crippen LogP contribution >= 0.6 is 0 Å². The van der Waals surface area contributed by atoms with Gasteiger partial charge in [-0.3, -0.25) is 0 Å². The van der Waals surface area contributed by atoms with Gasteiger partial charge in [0, 0.05) is 32.5 Å². The van der Waals surface area contributed by atoms with Crippen molar-refractivity contribution in [1.82, 2.24) is 0 Å². The topological polar surface area (TPSA) is 36.9 Å². The van der Waals surface area contributed by atoms with Gasteiger partial charge in [-0.15, -0.1) is 0 Å². The summed E-state index contributed by atoms with van der Waals surface area (Å²) < 4.78 is 23.4. The molecule has 0 rings (SSSR count). The fourth-order valence-corrected chi connectivity index (χ4v) is 4.97. The van der Waals surface area contributed by atoms with E-state index in [0.717, 1.165) is 38.3 Å². The summed E-state index contributed by atoms with van der Waals surface area (Å²) in [6.07, 6.45) is 6.00. The average Bonchev–Trinajstić information content (AvgIpc) is 2.45. The fourth-order valence-electron chi connectivity index (χ4n) is 2.29. The zero-order valence-corrected chi connectivity index (χ0v) is 15.8. The van der Waals surface area contributed by atoms with Crippen LogP contribution in [0.4, 0.5) is 0 Å². The first-order valence-corrected chi connectivity index (χ1v) is 10.6. The SMILES string of the molecule is CCCCOC(C)CCCC[Si](OCC)(OCC)OCC. The lowest BCUT2D eigenvalue weighted by Gasteiger charge is -2.28. The number of rotatable bonds is 15. The third kappa shape index (κ3) is 10.4. The van der Waals surface area contributed by atoms with E-state index in [1.807, 2.05) is 20.8 Å². The monoisotopic (exact) mass is 320 g/mol. The van der Waals surface area contributed by atoms with Gasteiger partial charge < -0.3 is 18.0 Å². The first-order valence-electron chi connectivity index (χ1n) is 8.67. The summed E-state index contributed by atoms with van der Waals surface area (Å²) in [6.45, 7) is 13.2. The van der Waals surface area contributed by atoms with Gasteiger partial charge in [0.2, 0.25) is 0 Å². The quantitative estimate of drug-likeness (QED) is 0.331. The molecule has 0 saturated carbocycles. The van der Waals surface area contributed by atoms with Gasteiger partial charge in [0.15, 0.2) is 0 Å². The van der Waals surface area contributed by atoms with E-state index in [0.29, 0.717) is 25.9 Å². The van der Waals surface area contributed by atoms with Crippen molar-refractivity contribution in [2.45, 2.75) is 78.9 Å². The minimum absolute atomic E-state index is 0.346. The Morgan fingerprint density at radius 1 is 0.810 bits per heavy atom. The molecule has 0 N–H and O–H groups in total. The van der Waals surface area contributed by atoms with Crippen LogP contribution in [0, 0.1) is 0 Å².